The van der Waals surface area contributed by atoms with Gasteiger partial charge in [0.05, 0.1) is 23.8 Å². The minimum atomic E-state index is -3.75. The van der Waals surface area contributed by atoms with Gasteiger partial charge in [0.15, 0.2) is 0 Å². The number of sulfonamides is 2. The fourth-order valence-corrected chi connectivity index (χ4v) is 5.35. The van der Waals surface area contributed by atoms with Gasteiger partial charge in [0.25, 0.3) is 5.91 Å². The lowest BCUT2D eigenvalue weighted by molar-refractivity contribution is 0.0730. The number of carbonyl (C=O) groups excluding carboxylic acids is 1. The van der Waals surface area contributed by atoms with Crippen LogP contribution >= 0.6 is 0 Å². The van der Waals surface area contributed by atoms with Gasteiger partial charge in [-0.15, -0.1) is 0 Å². The molecule has 3 rings (SSSR count). The third-order valence-corrected chi connectivity index (χ3v) is 8.40. The fraction of sp³-hybridized carbons (Fsp3) is 0.316. The molecular weight excluding hydrogens is 430 g/mol. The number of benzene rings is 2. The van der Waals surface area contributed by atoms with E-state index in [1.807, 2.05) is 0 Å². The maximum Gasteiger partial charge on any atom is 0.255 e. The van der Waals surface area contributed by atoms with E-state index in [1.165, 1.54) is 54.8 Å². The lowest BCUT2D eigenvalue weighted by atomic mass is 10.2. The molecule has 0 saturated carbocycles. The first-order chi connectivity index (χ1) is 14.1. The molecule has 1 heterocycles. The van der Waals surface area contributed by atoms with Crippen LogP contribution in [-0.4, -0.2) is 71.8 Å². The van der Waals surface area contributed by atoms with Crippen molar-refractivity contribution >= 4 is 31.6 Å². The molecule has 1 aliphatic heterocycles. The summed E-state index contributed by atoms with van der Waals surface area (Å²) in [4.78, 5) is 12.7. The molecule has 1 N–H and O–H groups in total. The van der Waals surface area contributed by atoms with Crippen LogP contribution in [0, 0.1) is 0 Å². The van der Waals surface area contributed by atoms with Crippen LogP contribution in [0.2, 0.25) is 0 Å². The van der Waals surface area contributed by atoms with Crippen LogP contribution in [0.3, 0.4) is 0 Å². The maximum absolute atomic E-state index is 12.7. The first-order valence-electron chi connectivity index (χ1n) is 9.15. The van der Waals surface area contributed by atoms with E-state index < -0.39 is 26.0 Å². The number of amides is 1. The Bertz CT molecular complexity index is 1120. The van der Waals surface area contributed by atoms with Gasteiger partial charge in [0, 0.05) is 32.7 Å². The number of hydrogen-bond acceptors (Lipinski definition) is 6. The van der Waals surface area contributed by atoms with Crippen molar-refractivity contribution < 1.29 is 26.4 Å². The second kappa shape index (κ2) is 8.82. The van der Waals surface area contributed by atoms with Crippen LogP contribution < -0.4 is 5.32 Å². The van der Waals surface area contributed by atoms with Crippen LogP contribution in [0.25, 0.3) is 0 Å². The zero-order valence-corrected chi connectivity index (χ0v) is 18.2. The van der Waals surface area contributed by atoms with E-state index in [9.17, 15) is 21.6 Å². The van der Waals surface area contributed by atoms with Crippen molar-refractivity contribution in [2.75, 3.05) is 45.7 Å². The summed E-state index contributed by atoms with van der Waals surface area (Å²) in [6.07, 6.45) is 0. The monoisotopic (exact) mass is 453 g/mol. The Balaban J connectivity index is 1.81. The predicted octanol–water partition coefficient (Wildman–Crippen LogP) is 1.21. The highest BCUT2D eigenvalue weighted by Gasteiger charge is 2.26. The normalized spacial score (nSPS) is 15.8. The van der Waals surface area contributed by atoms with Gasteiger partial charge >= 0.3 is 0 Å². The Labute approximate surface area is 176 Å². The van der Waals surface area contributed by atoms with E-state index in [0.29, 0.717) is 13.2 Å². The summed E-state index contributed by atoms with van der Waals surface area (Å²) in [5.74, 6) is -0.549. The van der Waals surface area contributed by atoms with Gasteiger partial charge in [0.2, 0.25) is 20.0 Å². The number of anilines is 1. The maximum atomic E-state index is 12.7. The van der Waals surface area contributed by atoms with E-state index in [-0.39, 0.29) is 34.1 Å². The van der Waals surface area contributed by atoms with Crippen molar-refractivity contribution in [2.24, 2.45) is 0 Å². The Morgan fingerprint density at radius 1 is 0.967 bits per heavy atom. The van der Waals surface area contributed by atoms with Gasteiger partial charge in [-0.2, -0.15) is 4.31 Å². The van der Waals surface area contributed by atoms with E-state index >= 15 is 0 Å². The first-order valence-corrected chi connectivity index (χ1v) is 12.0. The highest BCUT2D eigenvalue weighted by molar-refractivity contribution is 7.89. The molecule has 0 radical (unpaired) electrons. The number of hydrogen-bond donors (Lipinski definition) is 1. The Morgan fingerprint density at radius 2 is 1.57 bits per heavy atom. The van der Waals surface area contributed by atoms with Crippen LogP contribution in [0.1, 0.15) is 10.4 Å². The molecule has 0 aromatic heterocycles. The van der Waals surface area contributed by atoms with E-state index in [1.54, 1.807) is 12.1 Å². The van der Waals surface area contributed by atoms with Gasteiger partial charge in [-0.25, -0.2) is 21.1 Å². The van der Waals surface area contributed by atoms with Crippen LogP contribution in [0.5, 0.6) is 0 Å². The molecule has 162 valence electrons. The molecule has 30 heavy (non-hydrogen) atoms. The minimum absolute atomic E-state index is 0.0325. The average molecular weight is 454 g/mol. The topological polar surface area (TPSA) is 113 Å². The lowest BCUT2D eigenvalue weighted by Crippen LogP contribution is -2.40. The third-order valence-electron chi connectivity index (χ3n) is 4.62. The summed E-state index contributed by atoms with van der Waals surface area (Å²) < 4.78 is 57.9. The molecule has 0 aliphatic carbocycles. The number of para-hydroxylation sites is 1. The number of nitrogens with one attached hydrogen (secondary N) is 1. The molecule has 1 fully saturated rings. The SMILES string of the molecule is CN(C)S(=O)(=O)c1ccccc1NC(=O)c1ccc(S(=O)(=O)N2CCOCC2)cc1. The molecule has 0 atom stereocenters. The van der Waals surface area contributed by atoms with Crippen LogP contribution in [-0.2, 0) is 24.8 Å². The van der Waals surface area contributed by atoms with Gasteiger partial charge in [-0.05, 0) is 36.4 Å². The second-order valence-corrected chi connectivity index (χ2v) is 10.8. The molecule has 11 heteroatoms. The molecule has 1 amide bonds. The number of morpholine rings is 1. The molecule has 0 spiro atoms. The smallest absolute Gasteiger partial charge is 0.255 e. The number of carbonyl (C=O) groups is 1. The highest BCUT2D eigenvalue weighted by Crippen LogP contribution is 2.24. The first kappa shape index (κ1) is 22.4. The van der Waals surface area contributed by atoms with Gasteiger partial charge in [-0.3, -0.25) is 4.79 Å². The predicted molar refractivity (Wildman–Crippen MR) is 111 cm³/mol. The number of nitrogens with zero attached hydrogens (tertiary/aromatic N) is 2. The highest BCUT2D eigenvalue weighted by atomic mass is 32.2. The molecule has 2 aromatic carbocycles. The third kappa shape index (κ3) is 4.55. The van der Waals surface area contributed by atoms with Gasteiger partial charge < -0.3 is 10.1 Å². The Kier molecular flexibility index (Phi) is 6.58. The molecule has 9 nitrogen and oxygen atoms in total. The standard InChI is InChI=1S/C19H23N3O6S2/c1-21(2)30(26,27)18-6-4-3-5-17(18)20-19(23)15-7-9-16(10-8-15)29(24,25)22-11-13-28-14-12-22/h3-10H,11-14H2,1-2H3,(H,20,23). The Morgan fingerprint density at radius 3 is 2.17 bits per heavy atom. The van der Waals surface area contributed by atoms with Crippen molar-refractivity contribution in [3.8, 4) is 0 Å². The molecule has 0 unspecified atom stereocenters. The second-order valence-electron chi connectivity index (χ2n) is 6.78. The summed E-state index contributed by atoms with van der Waals surface area (Å²) in [5, 5.41) is 2.59. The summed E-state index contributed by atoms with van der Waals surface area (Å²) in [5.41, 5.74) is 0.342. The number of ether oxygens (including phenoxy) is 1. The minimum Gasteiger partial charge on any atom is -0.379 e. The molecule has 1 saturated heterocycles. The summed E-state index contributed by atoms with van der Waals surface area (Å²) in [7, 11) is -4.60. The average Bonchev–Trinajstić information content (AvgIpc) is 2.74. The quantitative estimate of drug-likeness (QED) is 0.703. The number of rotatable bonds is 6. The summed E-state index contributed by atoms with van der Waals surface area (Å²) in [6.45, 7) is 1.24. The molecule has 2 aromatic rings. The van der Waals surface area contributed by atoms with E-state index in [4.69, 9.17) is 4.74 Å². The van der Waals surface area contributed by atoms with Crippen molar-refractivity contribution in [1.29, 1.82) is 0 Å². The van der Waals surface area contributed by atoms with Crippen molar-refractivity contribution in [1.82, 2.24) is 8.61 Å². The van der Waals surface area contributed by atoms with Crippen LogP contribution in [0.4, 0.5) is 5.69 Å². The summed E-state index contributed by atoms with van der Waals surface area (Å²) >= 11 is 0. The largest absolute Gasteiger partial charge is 0.379 e. The zero-order chi connectivity index (χ0) is 21.9. The van der Waals surface area contributed by atoms with E-state index in [2.05, 4.69) is 5.32 Å². The molecule has 1 aliphatic rings. The van der Waals surface area contributed by atoms with Crippen molar-refractivity contribution in [3.63, 3.8) is 0 Å². The van der Waals surface area contributed by atoms with Crippen molar-refractivity contribution in [3.05, 3.63) is 54.1 Å². The fourth-order valence-electron chi connectivity index (χ4n) is 2.90. The van der Waals surface area contributed by atoms with Gasteiger partial charge in [-0.1, -0.05) is 12.1 Å². The zero-order valence-electron chi connectivity index (χ0n) is 16.6. The lowest BCUT2D eigenvalue weighted by Gasteiger charge is -2.26. The van der Waals surface area contributed by atoms with E-state index in [0.717, 1.165) is 4.31 Å². The van der Waals surface area contributed by atoms with Crippen molar-refractivity contribution in [2.45, 2.75) is 9.79 Å². The molecule has 0 bridgehead atoms. The van der Waals surface area contributed by atoms with Crippen LogP contribution in [0.15, 0.2) is 58.3 Å². The molecular formula is C19H23N3O6S2. The Hall–Kier alpha value is -2.31. The summed E-state index contributed by atoms with van der Waals surface area (Å²) in [6, 6.07) is 11.6. The van der Waals surface area contributed by atoms with Gasteiger partial charge in [0.1, 0.15) is 4.90 Å².